The second-order valence-electron chi connectivity index (χ2n) is 2.35. The molecule has 0 bridgehead atoms. The summed E-state index contributed by atoms with van der Waals surface area (Å²) in [6.07, 6.45) is 0. The summed E-state index contributed by atoms with van der Waals surface area (Å²) in [5.41, 5.74) is 5.93. The lowest BCUT2D eigenvalue weighted by molar-refractivity contribution is 0.0692. The Balaban J connectivity index is 3.41. The molecule has 0 saturated carbocycles. The number of hydrogen-bond donors (Lipinski definition) is 2. The molecule has 0 radical (unpaired) electrons. The normalized spacial score (nSPS) is 9.69. The number of methoxy groups -OCH3 is 1. The van der Waals surface area contributed by atoms with E-state index < -0.39 is 5.97 Å². The van der Waals surface area contributed by atoms with Gasteiger partial charge in [0.05, 0.1) is 11.6 Å². The van der Waals surface area contributed by atoms with Gasteiger partial charge in [0.1, 0.15) is 11.3 Å². The zero-order chi connectivity index (χ0) is 10.0. The molecule has 5 heteroatoms. The molecule has 13 heavy (non-hydrogen) atoms. The summed E-state index contributed by atoms with van der Waals surface area (Å²) in [5, 5.41) is 8.84. The molecule has 0 unspecified atom stereocenters. The van der Waals surface area contributed by atoms with Gasteiger partial charge in [-0.25, -0.2) is 4.79 Å². The van der Waals surface area contributed by atoms with Gasteiger partial charge in [0.15, 0.2) is 0 Å². The molecule has 1 aromatic rings. The van der Waals surface area contributed by atoms with Crippen molar-refractivity contribution in [3.8, 4) is 5.75 Å². The highest BCUT2D eigenvalue weighted by Gasteiger charge is 2.16. The van der Waals surface area contributed by atoms with E-state index in [0.717, 1.165) is 0 Å². The van der Waals surface area contributed by atoms with Crippen molar-refractivity contribution in [2.24, 2.45) is 0 Å². The Labute approximate surface area is 83.4 Å². The summed E-state index contributed by atoms with van der Waals surface area (Å²) in [7, 11) is 1.41. The lowest BCUT2D eigenvalue weighted by Crippen LogP contribution is -2.03. The number of carboxylic acid groups (broad SMARTS) is 1. The minimum Gasteiger partial charge on any atom is -0.496 e. The van der Waals surface area contributed by atoms with Crippen molar-refractivity contribution in [1.82, 2.24) is 0 Å². The van der Waals surface area contributed by atoms with E-state index in [1.807, 2.05) is 0 Å². The van der Waals surface area contributed by atoms with E-state index in [1.54, 1.807) is 6.07 Å². The first-order valence-electron chi connectivity index (χ1n) is 3.43. The molecule has 0 fully saturated rings. The van der Waals surface area contributed by atoms with Crippen LogP contribution in [0.4, 0.5) is 5.69 Å². The van der Waals surface area contributed by atoms with Crippen LogP contribution in [0.2, 0.25) is 0 Å². The van der Waals surface area contributed by atoms with Crippen molar-refractivity contribution in [3.05, 3.63) is 22.2 Å². The fraction of sp³-hybridized carbons (Fsp3) is 0.125. The monoisotopic (exact) mass is 245 g/mol. The number of hydrogen-bond acceptors (Lipinski definition) is 3. The number of carbonyl (C=O) groups is 1. The minimum atomic E-state index is -1.07. The first-order valence-corrected chi connectivity index (χ1v) is 4.22. The van der Waals surface area contributed by atoms with Crippen LogP contribution in [0.25, 0.3) is 0 Å². The van der Waals surface area contributed by atoms with Gasteiger partial charge in [0.2, 0.25) is 0 Å². The summed E-state index contributed by atoms with van der Waals surface area (Å²) >= 11 is 3.09. The molecular weight excluding hydrogens is 238 g/mol. The van der Waals surface area contributed by atoms with Crippen molar-refractivity contribution in [2.45, 2.75) is 0 Å². The maximum atomic E-state index is 10.8. The molecule has 0 aliphatic heterocycles. The molecule has 0 heterocycles. The SMILES string of the molecule is COc1ccc(N)c(Br)c1C(=O)O. The Morgan fingerprint density at radius 2 is 2.23 bits per heavy atom. The largest absolute Gasteiger partial charge is 0.496 e. The highest BCUT2D eigenvalue weighted by molar-refractivity contribution is 9.10. The molecule has 0 amide bonds. The molecule has 0 saturated heterocycles. The molecule has 0 aromatic heterocycles. The number of aromatic carboxylic acids is 1. The minimum absolute atomic E-state index is 0.0440. The predicted molar refractivity (Wildman–Crippen MR) is 52.1 cm³/mol. The molecule has 1 aromatic carbocycles. The molecule has 4 nitrogen and oxygen atoms in total. The molecule has 0 aliphatic carbocycles. The fourth-order valence-electron chi connectivity index (χ4n) is 0.944. The molecule has 0 atom stereocenters. The van der Waals surface area contributed by atoms with Crippen LogP contribution in [-0.4, -0.2) is 18.2 Å². The Hall–Kier alpha value is -1.23. The summed E-state index contributed by atoms with van der Waals surface area (Å²) < 4.78 is 5.22. The number of halogens is 1. The van der Waals surface area contributed by atoms with Crippen LogP contribution in [-0.2, 0) is 0 Å². The molecule has 0 aliphatic rings. The van der Waals surface area contributed by atoms with E-state index in [2.05, 4.69) is 15.9 Å². The van der Waals surface area contributed by atoms with Gasteiger partial charge in [-0.05, 0) is 28.1 Å². The summed E-state index contributed by atoms with van der Waals surface area (Å²) in [4.78, 5) is 10.8. The van der Waals surface area contributed by atoms with E-state index >= 15 is 0 Å². The maximum absolute atomic E-state index is 10.8. The second-order valence-corrected chi connectivity index (χ2v) is 3.14. The van der Waals surface area contributed by atoms with Crippen LogP contribution in [0.15, 0.2) is 16.6 Å². The van der Waals surface area contributed by atoms with E-state index in [1.165, 1.54) is 13.2 Å². The van der Waals surface area contributed by atoms with Crippen molar-refractivity contribution in [2.75, 3.05) is 12.8 Å². The number of carboxylic acids is 1. The molecular formula is C8H8BrNO3. The molecule has 0 spiro atoms. The number of ether oxygens (including phenoxy) is 1. The first kappa shape index (κ1) is 9.85. The highest BCUT2D eigenvalue weighted by Crippen LogP contribution is 2.31. The zero-order valence-corrected chi connectivity index (χ0v) is 8.46. The van der Waals surface area contributed by atoms with Gasteiger partial charge in [0, 0.05) is 5.69 Å². The number of nitrogen functional groups attached to an aromatic ring is 1. The van der Waals surface area contributed by atoms with Crippen molar-refractivity contribution in [3.63, 3.8) is 0 Å². The first-order chi connectivity index (χ1) is 6.07. The highest BCUT2D eigenvalue weighted by atomic mass is 79.9. The summed E-state index contributed by atoms with van der Waals surface area (Å²) in [5.74, 6) is -0.787. The van der Waals surface area contributed by atoms with Gasteiger partial charge >= 0.3 is 5.97 Å². The average Bonchev–Trinajstić information content (AvgIpc) is 2.08. The summed E-state index contributed by atoms with van der Waals surface area (Å²) in [6.45, 7) is 0. The Morgan fingerprint density at radius 3 is 2.69 bits per heavy atom. The van der Waals surface area contributed by atoms with Gasteiger partial charge < -0.3 is 15.6 Å². The number of nitrogens with two attached hydrogens (primary N) is 1. The third-order valence-electron chi connectivity index (χ3n) is 1.57. The van der Waals surface area contributed by atoms with E-state index in [9.17, 15) is 4.79 Å². The molecule has 3 N–H and O–H groups in total. The van der Waals surface area contributed by atoms with Crippen LogP contribution < -0.4 is 10.5 Å². The third kappa shape index (κ3) is 1.75. The van der Waals surface area contributed by atoms with E-state index in [4.69, 9.17) is 15.6 Å². The van der Waals surface area contributed by atoms with Crippen LogP contribution in [0.5, 0.6) is 5.75 Å². The van der Waals surface area contributed by atoms with Crippen LogP contribution in [0.3, 0.4) is 0 Å². The topological polar surface area (TPSA) is 72.5 Å². The zero-order valence-electron chi connectivity index (χ0n) is 6.87. The van der Waals surface area contributed by atoms with Crippen LogP contribution in [0.1, 0.15) is 10.4 Å². The lowest BCUT2D eigenvalue weighted by Gasteiger charge is -2.08. The number of anilines is 1. The molecule has 1 rings (SSSR count). The van der Waals surface area contributed by atoms with Crippen molar-refractivity contribution in [1.29, 1.82) is 0 Å². The average molecular weight is 246 g/mol. The van der Waals surface area contributed by atoms with E-state index in [0.29, 0.717) is 10.2 Å². The predicted octanol–water partition coefficient (Wildman–Crippen LogP) is 1.74. The van der Waals surface area contributed by atoms with E-state index in [-0.39, 0.29) is 11.3 Å². The Bertz CT molecular complexity index is 351. The third-order valence-corrected chi connectivity index (χ3v) is 2.42. The molecule has 70 valence electrons. The van der Waals surface area contributed by atoms with Crippen LogP contribution >= 0.6 is 15.9 Å². The smallest absolute Gasteiger partial charge is 0.340 e. The summed E-state index contributed by atoms with van der Waals surface area (Å²) in [6, 6.07) is 3.10. The number of rotatable bonds is 2. The lowest BCUT2D eigenvalue weighted by atomic mass is 10.2. The van der Waals surface area contributed by atoms with Gasteiger partial charge in [0.25, 0.3) is 0 Å². The standard InChI is InChI=1S/C8H8BrNO3/c1-13-5-3-2-4(10)7(9)6(5)8(11)12/h2-3H,10H2,1H3,(H,11,12). The Morgan fingerprint density at radius 1 is 1.62 bits per heavy atom. The fourth-order valence-corrected chi connectivity index (χ4v) is 1.44. The second kappa shape index (κ2) is 3.66. The maximum Gasteiger partial charge on any atom is 0.340 e. The van der Waals surface area contributed by atoms with Gasteiger partial charge in [-0.15, -0.1) is 0 Å². The van der Waals surface area contributed by atoms with Gasteiger partial charge in [-0.2, -0.15) is 0 Å². The van der Waals surface area contributed by atoms with Crippen molar-refractivity contribution < 1.29 is 14.6 Å². The quantitative estimate of drug-likeness (QED) is 0.779. The number of benzene rings is 1. The van der Waals surface area contributed by atoms with Crippen molar-refractivity contribution >= 4 is 27.6 Å². The van der Waals surface area contributed by atoms with Gasteiger partial charge in [-0.3, -0.25) is 0 Å². The Kier molecular flexibility index (Phi) is 2.77. The van der Waals surface area contributed by atoms with Crippen LogP contribution in [0, 0.1) is 0 Å². The van der Waals surface area contributed by atoms with Gasteiger partial charge in [-0.1, -0.05) is 0 Å².